The van der Waals surface area contributed by atoms with Crippen molar-refractivity contribution in [2.24, 2.45) is 0 Å². The number of aromatic amines is 1. The lowest BCUT2D eigenvalue weighted by Gasteiger charge is -1.99. The molecule has 0 aliphatic heterocycles. The number of aryl methyl sites for hydroxylation is 1. The Morgan fingerprint density at radius 3 is 3.08 bits per heavy atom. The molecule has 0 spiro atoms. The molecule has 0 bridgehead atoms. The van der Waals surface area contributed by atoms with Gasteiger partial charge in [0, 0.05) is 0 Å². The zero-order valence-corrected chi connectivity index (χ0v) is 8.35. The zero-order chi connectivity index (χ0) is 9.26. The molecule has 4 nitrogen and oxygen atoms in total. The second kappa shape index (κ2) is 3.33. The van der Waals surface area contributed by atoms with Crippen molar-refractivity contribution in [3.63, 3.8) is 0 Å². The maximum absolute atomic E-state index is 4.34. The second-order valence-electron chi connectivity index (χ2n) is 2.61. The topological polar surface area (TPSA) is 54.5 Å². The molecule has 0 radical (unpaired) electrons. The van der Waals surface area contributed by atoms with E-state index in [0.29, 0.717) is 0 Å². The molecule has 1 N–H and O–H groups in total. The Morgan fingerprint density at radius 2 is 2.31 bits per heavy atom. The van der Waals surface area contributed by atoms with Gasteiger partial charge in [0.2, 0.25) is 0 Å². The molecule has 2 heterocycles. The first-order valence-electron chi connectivity index (χ1n) is 4.11. The molecular formula is C8H10N4S. The monoisotopic (exact) mass is 194 g/mol. The van der Waals surface area contributed by atoms with Crippen molar-refractivity contribution in [3.05, 3.63) is 12.2 Å². The van der Waals surface area contributed by atoms with Crippen LogP contribution in [-0.2, 0) is 0 Å². The average Bonchev–Trinajstić information content (AvgIpc) is 2.52. The molecule has 68 valence electrons. The van der Waals surface area contributed by atoms with Crippen LogP contribution in [0.4, 0.5) is 0 Å². The van der Waals surface area contributed by atoms with Gasteiger partial charge in [0.1, 0.15) is 16.4 Å². The molecule has 0 aliphatic carbocycles. The fourth-order valence-corrected chi connectivity index (χ4v) is 1.92. The van der Waals surface area contributed by atoms with Gasteiger partial charge in [-0.2, -0.15) is 0 Å². The van der Waals surface area contributed by atoms with Crippen molar-refractivity contribution in [2.45, 2.75) is 18.9 Å². The molecule has 13 heavy (non-hydrogen) atoms. The Balaban J connectivity index is 2.63. The summed E-state index contributed by atoms with van der Waals surface area (Å²) in [4.78, 5) is 15.7. The van der Waals surface area contributed by atoms with E-state index in [1.54, 1.807) is 18.1 Å². The summed E-state index contributed by atoms with van der Waals surface area (Å²) in [6.07, 6.45) is 1.65. The highest BCUT2D eigenvalue weighted by molar-refractivity contribution is 7.99. The van der Waals surface area contributed by atoms with Crippen LogP contribution in [0.3, 0.4) is 0 Å². The standard InChI is InChI=1S/C8H10N4S/c1-3-13-8-6-7(10-4-9-6)11-5(2)12-8/h4H,3H2,1-2H3,(H,9,10,11,12). The van der Waals surface area contributed by atoms with Crippen LogP contribution in [-0.4, -0.2) is 25.7 Å². The molecular weight excluding hydrogens is 184 g/mol. The van der Waals surface area contributed by atoms with Crippen LogP contribution in [0, 0.1) is 6.92 Å². The van der Waals surface area contributed by atoms with Crippen molar-refractivity contribution in [2.75, 3.05) is 5.75 Å². The second-order valence-corrected chi connectivity index (χ2v) is 3.86. The number of nitrogens with zero attached hydrogens (tertiary/aromatic N) is 3. The van der Waals surface area contributed by atoms with Gasteiger partial charge in [-0.05, 0) is 12.7 Å². The first-order valence-corrected chi connectivity index (χ1v) is 5.10. The van der Waals surface area contributed by atoms with Crippen LogP contribution < -0.4 is 0 Å². The zero-order valence-electron chi connectivity index (χ0n) is 7.53. The van der Waals surface area contributed by atoms with E-state index in [1.165, 1.54) is 0 Å². The van der Waals surface area contributed by atoms with E-state index in [9.17, 15) is 0 Å². The Morgan fingerprint density at radius 1 is 1.46 bits per heavy atom. The number of hydrogen-bond acceptors (Lipinski definition) is 4. The SMILES string of the molecule is CCSc1nc(C)nc2nc[nH]c12. The number of H-pyrrole nitrogens is 1. The summed E-state index contributed by atoms with van der Waals surface area (Å²) in [5.74, 6) is 1.78. The van der Waals surface area contributed by atoms with Crippen LogP contribution in [0.1, 0.15) is 12.7 Å². The highest BCUT2D eigenvalue weighted by Crippen LogP contribution is 2.21. The Kier molecular flexibility index (Phi) is 2.18. The molecule has 0 atom stereocenters. The third-order valence-electron chi connectivity index (χ3n) is 1.65. The van der Waals surface area contributed by atoms with E-state index in [1.807, 2.05) is 6.92 Å². The largest absolute Gasteiger partial charge is 0.341 e. The minimum Gasteiger partial charge on any atom is -0.341 e. The van der Waals surface area contributed by atoms with E-state index in [0.717, 1.165) is 27.8 Å². The molecule has 0 amide bonds. The molecule has 2 aromatic rings. The fraction of sp³-hybridized carbons (Fsp3) is 0.375. The minimum atomic E-state index is 0.753. The van der Waals surface area contributed by atoms with Crippen LogP contribution >= 0.6 is 11.8 Å². The summed E-state index contributed by atoms with van der Waals surface area (Å²) in [5.41, 5.74) is 1.70. The van der Waals surface area contributed by atoms with Gasteiger partial charge in [0.05, 0.1) is 6.33 Å². The summed E-state index contributed by atoms with van der Waals surface area (Å²) in [7, 11) is 0. The third-order valence-corrected chi connectivity index (χ3v) is 2.50. The Bertz CT molecular complexity index is 423. The summed E-state index contributed by atoms with van der Waals surface area (Å²) < 4.78 is 0. The third kappa shape index (κ3) is 1.51. The van der Waals surface area contributed by atoms with Gasteiger partial charge < -0.3 is 4.98 Å². The summed E-state index contributed by atoms with van der Waals surface area (Å²) in [6.45, 7) is 3.98. The maximum Gasteiger partial charge on any atom is 0.181 e. The number of hydrogen-bond donors (Lipinski definition) is 1. The predicted molar refractivity (Wildman–Crippen MR) is 52.8 cm³/mol. The highest BCUT2D eigenvalue weighted by atomic mass is 32.2. The number of thioether (sulfide) groups is 1. The van der Waals surface area contributed by atoms with E-state index < -0.39 is 0 Å². The summed E-state index contributed by atoms with van der Waals surface area (Å²) >= 11 is 1.70. The first-order chi connectivity index (χ1) is 6.31. The minimum absolute atomic E-state index is 0.753. The van der Waals surface area contributed by atoms with Gasteiger partial charge >= 0.3 is 0 Å². The lowest BCUT2D eigenvalue weighted by atomic mass is 10.5. The van der Waals surface area contributed by atoms with Crippen molar-refractivity contribution in [1.29, 1.82) is 0 Å². The van der Waals surface area contributed by atoms with Crippen LogP contribution in [0.15, 0.2) is 11.4 Å². The van der Waals surface area contributed by atoms with Gasteiger partial charge in [-0.15, -0.1) is 11.8 Å². The average molecular weight is 194 g/mol. The Labute approximate surface area is 80.2 Å². The normalized spacial score (nSPS) is 10.9. The van der Waals surface area contributed by atoms with Gasteiger partial charge in [0.15, 0.2) is 5.65 Å². The number of nitrogens with one attached hydrogen (secondary N) is 1. The molecule has 5 heteroatoms. The number of fused-ring (bicyclic) bond motifs is 1. The van der Waals surface area contributed by atoms with Crippen molar-refractivity contribution in [1.82, 2.24) is 19.9 Å². The number of imidazole rings is 1. The molecule has 0 saturated carbocycles. The molecule has 0 aromatic carbocycles. The number of rotatable bonds is 2. The fourth-order valence-electron chi connectivity index (χ4n) is 1.15. The van der Waals surface area contributed by atoms with E-state index in [4.69, 9.17) is 0 Å². The summed E-state index contributed by atoms with van der Waals surface area (Å²) in [5, 5.41) is 0.988. The van der Waals surface area contributed by atoms with Gasteiger partial charge in [-0.25, -0.2) is 15.0 Å². The lowest BCUT2D eigenvalue weighted by Crippen LogP contribution is -1.92. The van der Waals surface area contributed by atoms with Gasteiger partial charge in [-0.3, -0.25) is 0 Å². The van der Waals surface area contributed by atoms with E-state index in [2.05, 4.69) is 26.9 Å². The maximum atomic E-state index is 4.34. The van der Waals surface area contributed by atoms with E-state index in [-0.39, 0.29) is 0 Å². The molecule has 0 unspecified atom stereocenters. The van der Waals surface area contributed by atoms with E-state index >= 15 is 0 Å². The van der Waals surface area contributed by atoms with Crippen molar-refractivity contribution in [3.8, 4) is 0 Å². The molecule has 0 aliphatic rings. The summed E-state index contributed by atoms with van der Waals surface area (Å²) in [6, 6.07) is 0. The molecule has 2 aromatic heterocycles. The predicted octanol–water partition coefficient (Wildman–Crippen LogP) is 1.77. The van der Waals surface area contributed by atoms with Gasteiger partial charge in [-0.1, -0.05) is 6.92 Å². The molecule has 0 fully saturated rings. The lowest BCUT2D eigenvalue weighted by molar-refractivity contribution is 1.000. The van der Waals surface area contributed by atoms with Crippen LogP contribution in [0.2, 0.25) is 0 Å². The van der Waals surface area contributed by atoms with Crippen LogP contribution in [0.25, 0.3) is 11.2 Å². The first kappa shape index (κ1) is 8.50. The molecule has 2 rings (SSSR count). The van der Waals surface area contributed by atoms with Crippen molar-refractivity contribution >= 4 is 22.9 Å². The smallest absolute Gasteiger partial charge is 0.181 e. The molecule has 0 saturated heterocycles. The van der Waals surface area contributed by atoms with Gasteiger partial charge in [0.25, 0.3) is 0 Å². The number of aromatic nitrogens is 4. The van der Waals surface area contributed by atoms with Crippen LogP contribution in [0.5, 0.6) is 0 Å². The highest BCUT2D eigenvalue weighted by Gasteiger charge is 2.06. The Hall–Kier alpha value is -1.10. The van der Waals surface area contributed by atoms with Crippen molar-refractivity contribution < 1.29 is 0 Å². The quantitative estimate of drug-likeness (QED) is 0.584.